The van der Waals surface area contributed by atoms with Gasteiger partial charge in [0.2, 0.25) is 17.5 Å². The lowest BCUT2D eigenvalue weighted by Crippen LogP contribution is -2.60. The quantitative estimate of drug-likeness (QED) is 0.120. The van der Waals surface area contributed by atoms with Crippen LogP contribution in [0.2, 0.25) is 0 Å². The van der Waals surface area contributed by atoms with Crippen molar-refractivity contribution in [3.05, 3.63) is 82.5 Å². The molecular weight excluding hydrogens is 568 g/mol. The molecule has 13 heteroatoms. The standard InChI is InChI=1S/C30H26O13/c31-16-6-1-14(2-7-16)3-10-22(35)40-13-21-24(36)26(38)27(39)30(42-21)43-29-25(37)23-19(34)11-18(33)12-20(23)41-28(29)15-4-8-17(32)9-5-15/h1-12,21,24,26-27,30-34,36,38-39H,13H2/b10-3+/t21-,24+,26?,27?,30+/m1/s1. The number of aliphatic hydroxyl groups excluding tert-OH is 3. The maximum Gasteiger partial charge on any atom is 0.330 e. The first-order valence-electron chi connectivity index (χ1n) is 12.8. The van der Waals surface area contributed by atoms with E-state index in [9.17, 15) is 45.3 Å². The number of phenolic OH excluding ortho intramolecular Hbond substituents is 4. The number of carbonyl (C=O) groups excluding carboxylic acids is 1. The van der Waals surface area contributed by atoms with E-state index >= 15 is 0 Å². The highest BCUT2D eigenvalue weighted by atomic mass is 16.7. The van der Waals surface area contributed by atoms with Crippen LogP contribution < -0.4 is 10.2 Å². The van der Waals surface area contributed by atoms with Crippen LogP contribution in [0.25, 0.3) is 28.4 Å². The van der Waals surface area contributed by atoms with Gasteiger partial charge < -0.3 is 54.4 Å². The number of carbonyl (C=O) groups is 1. The van der Waals surface area contributed by atoms with Crippen molar-refractivity contribution >= 4 is 23.0 Å². The van der Waals surface area contributed by atoms with E-state index < -0.39 is 66.0 Å². The Morgan fingerprint density at radius 3 is 2.16 bits per heavy atom. The molecule has 3 aromatic carbocycles. The number of rotatable bonds is 7. The fourth-order valence-electron chi connectivity index (χ4n) is 4.41. The van der Waals surface area contributed by atoms with Gasteiger partial charge in [-0.25, -0.2) is 4.79 Å². The molecule has 0 aliphatic carbocycles. The molecule has 0 spiro atoms. The van der Waals surface area contributed by atoms with E-state index in [0.717, 1.165) is 18.2 Å². The summed E-state index contributed by atoms with van der Waals surface area (Å²) in [7, 11) is 0. The molecule has 2 unspecified atom stereocenters. The third-order valence-corrected chi connectivity index (χ3v) is 6.64. The second-order valence-corrected chi connectivity index (χ2v) is 9.66. The van der Waals surface area contributed by atoms with Crippen molar-refractivity contribution in [1.82, 2.24) is 0 Å². The molecule has 43 heavy (non-hydrogen) atoms. The minimum absolute atomic E-state index is 0.0495. The monoisotopic (exact) mass is 594 g/mol. The lowest BCUT2D eigenvalue weighted by atomic mass is 9.99. The Kier molecular flexibility index (Phi) is 8.23. The van der Waals surface area contributed by atoms with Gasteiger partial charge in [-0.2, -0.15) is 0 Å². The average Bonchev–Trinajstić information content (AvgIpc) is 2.97. The number of ether oxygens (including phenoxy) is 3. The van der Waals surface area contributed by atoms with Crippen molar-refractivity contribution in [2.24, 2.45) is 0 Å². The maximum absolute atomic E-state index is 13.5. The van der Waals surface area contributed by atoms with Gasteiger partial charge in [-0.15, -0.1) is 0 Å². The van der Waals surface area contributed by atoms with Gasteiger partial charge >= 0.3 is 5.97 Å². The Bertz CT molecular complexity index is 1710. The lowest BCUT2D eigenvalue weighted by Gasteiger charge is -2.39. The summed E-state index contributed by atoms with van der Waals surface area (Å²) in [6.45, 7) is -0.583. The van der Waals surface area contributed by atoms with Crippen molar-refractivity contribution in [1.29, 1.82) is 0 Å². The van der Waals surface area contributed by atoms with E-state index in [1.807, 2.05) is 0 Å². The number of phenols is 4. The van der Waals surface area contributed by atoms with Gasteiger partial charge in [0, 0.05) is 23.8 Å². The smallest absolute Gasteiger partial charge is 0.330 e. The SMILES string of the molecule is O=C(/C=C/c1ccc(O)cc1)OC[C@H]1O[C@@H](Oc2c(-c3ccc(O)cc3)oc3cc(O)cc(O)c3c2=O)C(O)C(O)[C@H]1O. The molecule has 5 rings (SSSR count). The molecule has 0 amide bonds. The molecule has 1 aliphatic heterocycles. The average molecular weight is 595 g/mol. The molecule has 0 radical (unpaired) electrons. The first kappa shape index (κ1) is 29.4. The summed E-state index contributed by atoms with van der Waals surface area (Å²) in [4.78, 5) is 25.8. The molecule has 5 atom stereocenters. The summed E-state index contributed by atoms with van der Waals surface area (Å²) in [6.07, 6.45) is -6.17. The number of esters is 1. The molecule has 0 saturated carbocycles. The summed E-state index contributed by atoms with van der Waals surface area (Å²) >= 11 is 0. The normalized spacial score (nSPS) is 22.1. The molecule has 1 aliphatic rings. The van der Waals surface area contributed by atoms with Gasteiger partial charge in [0.25, 0.3) is 0 Å². The van der Waals surface area contributed by atoms with Crippen LogP contribution in [-0.2, 0) is 14.3 Å². The van der Waals surface area contributed by atoms with Gasteiger partial charge in [0.15, 0.2) is 5.76 Å². The Balaban J connectivity index is 1.42. The van der Waals surface area contributed by atoms with Crippen molar-refractivity contribution in [3.63, 3.8) is 0 Å². The molecule has 1 aromatic heterocycles. The number of hydrogen-bond donors (Lipinski definition) is 7. The molecular formula is C30H26O13. The second-order valence-electron chi connectivity index (χ2n) is 9.66. The summed E-state index contributed by atoms with van der Waals surface area (Å²) < 4.78 is 22.2. The summed E-state index contributed by atoms with van der Waals surface area (Å²) in [5.74, 6) is -2.70. The predicted molar refractivity (Wildman–Crippen MR) is 148 cm³/mol. The zero-order valence-electron chi connectivity index (χ0n) is 22.1. The van der Waals surface area contributed by atoms with Crippen LogP contribution in [-0.4, -0.2) is 79.0 Å². The van der Waals surface area contributed by atoms with Crippen LogP contribution in [0.5, 0.6) is 28.7 Å². The summed E-state index contributed by atoms with van der Waals surface area (Å²) in [5.41, 5.74) is -0.328. The number of fused-ring (bicyclic) bond motifs is 1. The molecule has 2 heterocycles. The predicted octanol–water partition coefficient (Wildman–Crippen LogP) is 1.73. The van der Waals surface area contributed by atoms with E-state index in [1.165, 1.54) is 42.5 Å². The Morgan fingerprint density at radius 2 is 1.49 bits per heavy atom. The van der Waals surface area contributed by atoms with Gasteiger partial charge in [-0.05, 0) is 48.0 Å². The molecule has 1 saturated heterocycles. The third kappa shape index (κ3) is 6.24. The summed E-state index contributed by atoms with van der Waals surface area (Å²) in [5, 5.41) is 70.6. The van der Waals surface area contributed by atoms with Crippen molar-refractivity contribution in [2.75, 3.05) is 6.61 Å². The molecule has 224 valence electrons. The van der Waals surface area contributed by atoms with Gasteiger partial charge in [0.05, 0.1) is 0 Å². The fourth-order valence-corrected chi connectivity index (χ4v) is 4.41. The molecule has 7 N–H and O–H groups in total. The fraction of sp³-hybridized carbons (Fsp3) is 0.200. The molecule has 13 nitrogen and oxygen atoms in total. The third-order valence-electron chi connectivity index (χ3n) is 6.64. The van der Waals surface area contributed by atoms with Gasteiger partial charge in [0.1, 0.15) is 65.0 Å². The number of hydrogen-bond acceptors (Lipinski definition) is 13. The van der Waals surface area contributed by atoms with Crippen LogP contribution in [0.15, 0.2) is 76.0 Å². The highest BCUT2D eigenvalue weighted by Gasteiger charge is 2.46. The van der Waals surface area contributed by atoms with E-state index in [1.54, 1.807) is 12.1 Å². The zero-order chi connectivity index (χ0) is 30.8. The van der Waals surface area contributed by atoms with Gasteiger partial charge in [-0.3, -0.25) is 4.79 Å². The molecule has 1 fully saturated rings. The number of aliphatic hydroxyl groups is 3. The van der Waals surface area contributed by atoms with Crippen LogP contribution >= 0.6 is 0 Å². The first-order valence-corrected chi connectivity index (χ1v) is 12.8. The largest absolute Gasteiger partial charge is 0.508 e. The van der Waals surface area contributed by atoms with E-state index in [2.05, 4.69) is 0 Å². The number of benzene rings is 3. The zero-order valence-corrected chi connectivity index (χ0v) is 22.1. The van der Waals surface area contributed by atoms with Crippen molar-refractivity contribution in [3.8, 4) is 40.1 Å². The minimum Gasteiger partial charge on any atom is -0.508 e. The van der Waals surface area contributed by atoms with Crippen molar-refractivity contribution in [2.45, 2.75) is 30.7 Å². The van der Waals surface area contributed by atoms with E-state index in [4.69, 9.17) is 18.6 Å². The topological polar surface area (TPSA) is 217 Å². The number of aromatic hydroxyl groups is 4. The first-order chi connectivity index (χ1) is 20.5. The van der Waals surface area contributed by atoms with Crippen molar-refractivity contribution < 1.29 is 59.2 Å². The van der Waals surface area contributed by atoms with E-state index in [0.29, 0.717) is 5.56 Å². The van der Waals surface area contributed by atoms with Gasteiger partial charge in [-0.1, -0.05) is 12.1 Å². The Hall–Kier alpha value is -5.08. The maximum atomic E-state index is 13.5. The van der Waals surface area contributed by atoms with Crippen LogP contribution in [0.1, 0.15) is 5.56 Å². The second kappa shape index (κ2) is 12.0. The van der Waals surface area contributed by atoms with E-state index in [-0.39, 0.29) is 33.8 Å². The van der Waals surface area contributed by atoms with Crippen LogP contribution in [0, 0.1) is 0 Å². The Labute approximate surface area is 242 Å². The van der Waals surface area contributed by atoms with Crippen LogP contribution in [0.4, 0.5) is 0 Å². The Morgan fingerprint density at radius 1 is 0.837 bits per heavy atom. The molecule has 4 aromatic rings. The van der Waals surface area contributed by atoms with Crippen LogP contribution in [0.3, 0.4) is 0 Å². The minimum atomic E-state index is -1.90. The molecule has 0 bridgehead atoms. The highest BCUT2D eigenvalue weighted by Crippen LogP contribution is 2.37. The summed E-state index contributed by atoms with van der Waals surface area (Å²) in [6, 6.07) is 13.4. The highest BCUT2D eigenvalue weighted by molar-refractivity contribution is 5.88. The lowest BCUT2D eigenvalue weighted by molar-refractivity contribution is -0.278.